The molecule has 0 radical (unpaired) electrons. The molecule has 79 heavy (non-hydrogen) atoms. The van der Waals surface area contributed by atoms with E-state index in [9.17, 15) is 0 Å². The lowest BCUT2D eigenvalue weighted by Crippen LogP contribution is -2.26. The van der Waals surface area contributed by atoms with Crippen molar-refractivity contribution in [3.8, 4) is 22.3 Å². The lowest BCUT2D eigenvalue weighted by Gasteiger charge is -2.33. The van der Waals surface area contributed by atoms with Crippen LogP contribution < -0.4 is 9.80 Å². The fraction of sp³-hybridized carbons (Fsp3) is 0.0933. The molecular weight excluding hydrogens is 961 g/mol. The van der Waals surface area contributed by atoms with Crippen molar-refractivity contribution >= 4 is 99.5 Å². The zero-order chi connectivity index (χ0) is 52.7. The van der Waals surface area contributed by atoms with Crippen LogP contribution in [0, 0.1) is 0 Å². The third-order valence-electron chi connectivity index (χ3n) is 17.4. The Morgan fingerprint density at radius 1 is 0.316 bits per heavy atom. The van der Waals surface area contributed by atoms with Gasteiger partial charge in [-0.2, -0.15) is 0 Å². The molecule has 0 saturated heterocycles. The van der Waals surface area contributed by atoms with Gasteiger partial charge in [-0.25, -0.2) is 0 Å². The summed E-state index contributed by atoms with van der Waals surface area (Å²) in [6.45, 7) is 9.03. The summed E-state index contributed by atoms with van der Waals surface area (Å²) in [5.41, 5.74) is 21.9. The zero-order valence-corrected chi connectivity index (χ0v) is 44.5. The molecule has 0 amide bonds. The van der Waals surface area contributed by atoms with Gasteiger partial charge in [-0.15, -0.1) is 0 Å². The van der Waals surface area contributed by atoms with Crippen LogP contribution >= 0.6 is 0 Å². The summed E-state index contributed by atoms with van der Waals surface area (Å²) in [5, 5.41) is 9.13. The van der Waals surface area contributed by atoms with Gasteiger partial charge in [-0.1, -0.05) is 191 Å². The van der Waals surface area contributed by atoms with Crippen molar-refractivity contribution in [2.75, 3.05) is 9.80 Å². The van der Waals surface area contributed by atoms with Gasteiger partial charge in [-0.3, -0.25) is 0 Å². The van der Waals surface area contributed by atoms with Crippen molar-refractivity contribution in [3.63, 3.8) is 0 Å². The van der Waals surface area contributed by atoms with Crippen LogP contribution in [0.4, 0.5) is 34.1 Å². The maximum Gasteiger partial charge on any atom is 0.159 e. The lowest BCUT2D eigenvalue weighted by atomic mass is 9.70. The van der Waals surface area contributed by atoms with Gasteiger partial charge in [0.2, 0.25) is 0 Å². The molecular formula is C75H54N2O2. The second-order valence-corrected chi connectivity index (χ2v) is 22.3. The lowest BCUT2D eigenvalue weighted by molar-refractivity contribution is 0.668. The summed E-state index contributed by atoms with van der Waals surface area (Å²) in [4.78, 5) is 4.85. The molecule has 2 aromatic heterocycles. The van der Waals surface area contributed by atoms with Crippen LogP contribution in [0.2, 0.25) is 0 Å². The summed E-state index contributed by atoms with van der Waals surface area (Å²) in [6, 6.07) is 90.1. The molecule has 0 saturated carbocycles. The van der Waals surface area contributed by atoms with Crippen LogP contribution in [0.25, 0.3) is 87.7 Å². The number of para-hydroxylation sites is 4. The van der Waals surface area contributed by atoms with Gasteiger partial charge in [0, 0.05) is 44.0 Å². The molecule has 2 heterocycles. The van der Waals surface area contributed by atoms with E-state index >= 15 is 0 Å². The number of nitrogens with zero attached hydrogens (tertiary/aromatic N) is 2. The van der Waals surface area contributed by atoms with Crippen LogP contribution in [0.1, 0.15) is 72.9 Å². The second-order valence-electron chi connectivity index (χ2n) is 22.3. The Bertz CT molecular complexity index is 4760. The topological polar surface area (TPSA) is 32.8 Å². The first kappa shape index (κ1) is 45.5. The van der Waals surface area contributed by atoms with Gasteiger partial charge in [0.05, 0.1) is 22.5 Å². The van der Waals surface area contributed by atoms with Crippen molar-refractivity contribution in [1.29, 1.82) is 0 Å². The van der Waals surface area contributed by atoms with Gasteiger partial charge in [0.25, 0.3) is 0 Å². The standard InChI is InChI=1S/C75H54N2O2/c1-45(2)47-31-36-51(37-32-47)76(67-27-15-23-60-57-20-9-13-29-70(57)78-73(60)67)53-40-35-49-42-62-65(43-50(49)41-53)75(63-25-11-7-17-54(63)55-18-8-12-26-64(55)75)66-44-69(56-19-5-6-22-59(56)72(62)66)77(52-38-33-48(34-39-52)46(3)4)68-28-16-24-61-58-21-10-14-30-71(58)79-74(61)68/h5-46H,1-4H3. The highest BCUT2D eigenvalue weighted by molar-refractivity contribution is 6.16. The van der Waals surface area contributed by atoms with Crippen molar-refractivity contribution in [2.45, 2.75) is 44.9 Å². The number of hydrogen-bond acceptors (Lipinski definition) is 4. The van der Waals surface area contributed by atoms with E-state index in [4.69, 9.17) is 8.83 Å². The van der Waals surface area contributed by atoms with Crippen LogP contribution in [-0.2, 0) is 5.41 Å². The van der Waals surface area contributed by atoms with E-state index in [1.54, 1.807) is 0 Å². The number of furan rings is 2. The van der Waals surface area contributed by atoms with E-state index in [1.807, 2.05) is 0 Å². The predicted octanol–water partition coefficient (Wildman–Crippen LogP) is 21.3. The number of hydrogen-bond donors (Lipinski definition) is 0. The number of rotatable bonds is 8. The summed E-state index contributed by atoms with van der Waals surface area (Å²) in [7, 11) is 0. The van der Waals surface area contributed by atoms with Crippen LogP contribution in [0.5, 0.6) is 0 Å². The normalized spacial score (nSPS) is 13.1. The molecule has 376 valence electrons. The Balaban J connectivity index is 0.977. The zero-order valence-electron chi connectivity index (χ0n) is 44.5. The Labute approximate surface area is 459 Å². The molecule has 4 nitrogen and oxygen atoms in total. The summed E-state index contributed by atoms with van der Waals surface area (Å²) < 4.78 is 13.7. The number of anilines is 6. The van der Waals surface area contributed by atoms with Crippen LogP contribution in [0.15, 0.2) is 251 Å². The molecule has 4 heteroatoms. The highest BCUT2D eigenvalue weighted by Crippen LogP contribution is 2.65. The van der Waals surface area contributed by atoms with E-state index in [1.165, 1.54) is 77.2 Å². The maximum atomic E-state index is 6.94. The minimum Gasteiger partial charge on any atom is -0.454 e. The first-order valence-corrected chi connectivity index (χ1v) is 27.8. The molecule has 0 fully saturated rings. The summed E-state index contributed by atoms with van der Waals surface area (Å²) in [6.07, 6.45) is 0. The Kier molecular flexibility index (Phi) is 9.91. The monoisotopic (exact) mass is 1010 g/mol. The van der Waals surface area contributed by atoms with Crippen LogP contribution in [0.3, 0.4) is 0 Å². The van der Waals surface area contributed by atoms with Gasteiger partial charge in [0.15, 0.2) is 11.2 Å². The SMILES string of the molecule is CC(C)c1ccc(N(c2ccc3cc4c(cc3c2)C2(c3ccccc3-c3ccccc32)c2cc(N(c3ccc(C(C)C)cc3)c3cccc5c3oc3ccccc35)c3ccccc3c2-4)c2cccc3c2oc2ccccc23)cc1. The van der Waals surface area contributed by atoms with Gasteiger partial charge in [0.1, 0.15) is 11.2 Å². The molecule has 2 aliphatic rings. The molecule has 0 unspecified atom stereocenters. The molecule has 16 rings (SSSR count). The largest absolute Gasteiger partial charge is 0.454 e. The smallest absolute Gasteiger partial charge is 0.159 e. The molecule has 2 aliphatic carbocycles. The first-order valence-electron chi connectivity index (χ1n) is 27.8. The Morgan fingerprint density at radius 2 is 0.797 bits per heavy atom. The summed E-state index contributed by atoms with van der Waals surface area (Å²) >= 11 is 0. The average molecular weight is 1020 g/mol. The molecule has 1 spiro atoms. The fourth-order valence-corrected chi connectivity index (χ4v) is 13.7. The van der Waals surface area contributed by atoms with E-state index in [2.05, 4.69) is 280 Å². The number of benzene rings is 12. The number of fused-ring (bicyclic) bond motifs is 19. The molecule has 0 bridgehead atoms. The third-order valence-corrected chi connectivity index (χ3v) is 17.4. The average Bonchev–Trinajstić information content (AvgIpc) is 2.41. The highest BCUT2D eigenvalue weighted by Gasteiger charge is 2.52. The molecule has 14 aromatic rings. The molecule has 0 N–H and O–H groups in total. The minimum atomic E-state index is -0.661. The maximum absolute atomic E-state index is 6.94. The van der Waals surface area contributed by atoms with Crippen molar-refractivity contribution in [1.82, 2.24) is 0 Å². The first-order chi connectivity index (χ1) is 38.8. The van der Waals surface area contributed by atoms with E-state index < -0.39 is 5.41 Å². The van der Waals surface area contributed by atoms with Crippen LogP contribution in [-0.4, -0.2) is 0 Å². The second kappa shape index (κ2) is 17.2. The summed E-state index contributed by atoms with van der Waals surface area (Å²) in [5.74, 6) is 0.796. The van der Waals surface area contributed by atoms with E-state index in [0.717, 1.165) is 78.0 Å². The molecule has 0 atom stereocenters. The third kappa shape index (κ3) is 6.55. The molecule has 12 aromatic carbocycles. The Morgan fingerprint density at radius 3 is 1.38 bits per heavy atom. The van der Waals surface area contributed by atoms with Crippen molar-refractivity contribution in [2.24, 2.45) is 0 Å². The minimum absolute atomic E-state index is 0.389. The quantitative estimate of drug-likeness (QED) is 0.152. The fourth-order valence-electron chi connectivity index (χ4n) is 13.7. The van der Waals surface area contributed by atoms with Crippen molar-refractivity contribution in [3.05, 3.63) is 276 Å². The highest BCUT2D eigenvalue weighted by atomic mass is 16.3. The van der Waals surface area contributed by atoms with E-state index in [0.29, 0.717) is 11.8 Å². The van der Waals surface area contributed by atoms with Crippen molar-refractivity contribution < 1.29 is 8.83 Å². The van der Waals surface area contributed by atoms with E-state index in [-0.39, 0.29) is 0 Å². The Hall–Kier alpha value is -9.64. The van der Waals surface area contributed by atoms with Gasteiger partial charge >= 0.3 is 0 Å². The van der Waals surface area contributed by atoms with Gasteiger partial charge in [-0.05, 0) is 162 Å². The molecule has 0 aliphatic heterocycles. The van der Waals surface area contributed by atoms with Gasteiger partial charge < -0.3 is 18.6 Å². The predicted molar refractivity (Wildman–Crippen MR) is 330 cm³/mol.